The van der Waals surface area contributed by atoms with E-state index in [4.69, 9.17) is 0 Å². The van der Waals surface area contributed by atoms with E-state index in [1.54, 1.807) is 16.4 Å². The molecular formula is C25H33N3O2S. The van der Waals surface area contributed by atoms with Crippen LogP contribution in [0.25, 0.3) is 0 Å². The number of sulfonamides is 1. The largest absolute Gasteiger partial charge is 0.370 e. The molecule has 0 unspecified atom stereocenters. The summed E-state index contributed by atoms with van der Waals surface area (Å²) in [7, 11) is -3.45. The standard InChI is InChI=1S/C25H33N3O2S/c1-19-5-9-25(10-6-19)31(29,30)27-15-11-21-16-23(8-7-22(21)17-27)26-14-12-24(18-26)28-13-3-4-20(28)2/h5-10,16,20,24H,3-4,11-15,17-18H2,1-2H3/t20-,24-/m0/s1. The van der Waals surface area contributed by atoms with E-state index in [1.807, 2.05) is 19.1 Å². The number of rotatable bonds is 4. The molecule has 2 saturated heterocycles. The molecule has 0 aliphatic carbocycles. The lowest BCUT2D eigenvalue weighted by Crippen LogP contribution is -2.39. The van der Waals surface area contributed by atoms with Crippen LogP contribution in [0.15, 0.2) is 47.4 Å². The quantitative estimate of drug-likeness (QED) is 0.727. The molecular weight excluding hydrogens is 406 g/mol. The summed E-state index contributed by atoms with van der Waals surface area (Å²) in [5.41, 5.74) is 4.79. The fourth-order valence-electron chi connectivity index (χ4n) is 5.52. The van der Waals surface area contributed by atoms with E-state index in [0.717, 1.165) is 36.7 Å². The average Bonchev–Trinajstić information content (AvgIpc) is 3.42. The van der Waals surface area contributed by atoms with Crippen molar-refractivity contribution in [2.75, 3.05) is 31.1 Å². The van der Waals surface area contributed by atoms with Crippen LogP contribution in [0.5, 0.6) is 0 Å². The van der Waals surface area contributed by atoms with Gasteiger partial charge in [-0.25, -0.2) is 8.42 Å². The SMILES string of the molecule is Cc1ccc(S(=O)(=O)N2CCc3cc(N4CC[C@H](N5CCC[C@@H]5C)C4)ccc3C2)cc1. The Morgan fingerprint density at radius 2 is 1.74 bits per heavy atom. The van der Waals surface area contributed by atoms with Crippen LogP contribution >= 0.6 is 0 Å². The van der Waals surface area contributed by atoms with Crippen LogP contribution in [0.4, 0.5) is 5.69 Å². The highest BCUT2D eigenvalue weighted by Gasteiger charge is 2.33. The summed E-state index contributed by atoms with van der Waals surface area (Å²) >= 11 is 0. The highest BCUT2D eigenvalue weighted by molar-refractivity contribution is 7.89. The van der Waals surface area contributed by atoms with E-state index >= 15 is 0 Å². The van der Waals surface area contributed by atoms with E-state index < -0.39 is 10.0 Å². The second-order valence-corrected chi connectivity index (χ2v) is 11.4. The first-order chi connectivity index (χ1) is 14.9. The number of anilines is 1. The molecule has 2 aromatic carbocycles. The normalized spacial score (nSPS) is 25.2. The van der Waals surface area contributed by atoms with Gasteiger partial charge in [0, 0.05) is 44.0 Å². The number of hydrogen-bond donors (Lipinski definition) is 0. The van der Waals surface area contributed by atoms with Crippen molar-refractivity contribution in [2.24, 2.45) is 0 Å². The molecule has 3 aliphatic rings. The third kappa shape index (κ3) is 4.01. The second kappa shape index (κ2) is 8.23. The predicted molar refractivity (Wildman–Crippen MR) is 125 cm³/mol. The van der Waals surface area contributed by atoms with E-state index in [2.05, 4.69) is 34.9 Å². The summed E-state index contributed by atoms with van der Waals surface area (Å²) in [6.45, 7) is 8.80. The number of benzene rings is 2. The molecule has 2 aromatic rings. The van der Waals surface area contributed by atoms with Crippen molar-refractivity contribution in [1.82, 2.24) is 9.21 Å². The first-order valence-electron chi connectivity index (χ1n) is 11.6. The number of aryl methyl sites for hydroxylation is 1. The summed E-state index contributed by atoms with van der Waals surface area (Å²) < 4.78 is 27.8. The molecule has 0 amide bonds. The Balaban J connectivity index is 1.29. The minimum Gasteiger partial charge on any atom is -0.370 e. The van der Waals surface area contributed by atoms with E-state index in [9.17, 15) is 8.42 Å². The summed E-state index contributed by atoms with van der Waals surface area (Å²) in [6.07, 6.45) is 4.68. The van der Waals surface area contributed by atoms with Gasteiger partial charge >= 0.3 is 0 Å². The van der Waals surface area contributed by atoms with Gasteiger partial charge in [-0.05, 0) is 81.5 Å². The maximum Gasteiger partial charge on any atom is 0.243 e. The maximum atomic E-state index is 13.1. The average molecular weight is 440 g/mol. The van der Waals surface area contributed by atoms with E-state index in [1.165, 1.54) is 37.1 Å². The Morgan fingerprint density at radius 3 is 2.48 bits per heavy atom. The van der Waals surface area contributed by atoms with Crippen LogP contribution < -0.4 is 4.90 Å². The zero-order valence-corrected chi connectivity index (χ0v) is 19.4. The molecule has 0 saturated carbocycles. The van der Waals surface area contributed by atoms with Crippen LogP contribution in [0.2, 0.25) is 0 Å². The Labute approximate surface area is 186 Å². The third-order valence-corrected chi connectivity index (χ3v) is 9.29. The van der Waals surface area contributed by atoms with Crippen LogP contribution in [-0.2, 0) is 23.0 Å². The van der Waals surface area contributed by atoms with Crippen molar-refractivity contribution >= 4 is 15.7 Å². The number of hydrogen-bond acceptors (Lipinski definition) is 4. The minimum absolute atomic E-state index is 0.386. The lowest BCUT2D eigenvalue weighted by Gasteiger charge is -2.30. The summed E-state index contributed by atoms with van der Waals surface area (Å²) in [4.78, 5) is 5.61. The first kappa shape index (κ1) is 21.0. The fourth-order valence-corrected chi connectivity index (χ4v) is 6.94. The summed E-state index contributed by atoms with van der Waals surface area (Å²) in [5.74, 6) is 0. The topological polar surface area (TPSA) is 43.9 Å². The Hall–Kier alpha value is -1.89. The molecule has 5 nitrogen and oxygen atoms in total. The van der Waals surface area contributed by atoms with Crippen LogP contribution in [0, 0.1) is 6.92 Å². The molecule has 3 heterocycles. The molecule has 2 atom stereocenters. The van der Waals surface area contributed by atoms with Crippen molar-refractivity contribution in [1.29, 1.82) is 0 Å². The lowest BCUT2D eigenvalue weighted by atomic mass is 10.00. The smallest absolute Gasteiger partial charge is 0.243 e. The lowest BCUT2D eigenvalue weighted by molar-refractivity contribution is 0.204. The van der Waals surface area contributed by atoms with Crippen molar-refractivity contribution < 1.29 is 8.42 Å². The van der Waals surface area contributed by atoms with Gasteiger partial charge in [0.2, 0.25) is 10.0 Å². The van der Waals surface area contributed by atoms with Gasteiger partial charge in [-0.1, -0.05) is 23.8 Å². The van der Waals surface area contributed by atoms with Crippen molar-refractivity contribution in [3.8, 4) is 0 Å². The molecule has 6 heteroatoms. The van der Waals surface area contributed by atoms with E-state index in [0.29, 0.717) is 24.0 Å². The first-order valence-corrected chi connectivity index (χ1v) is 13.0. The van der Waals surface area contributed by atoms with Crippen molar-refractivity contribution in [3.05, 3.63) is 59.2 Å². The number of likely N-dealkylation sites (tertiary alicyclic amines) is 1. The van der Waals surface area contributed by atoms with Gasteiger partial charge in [0.05, 0.1) is 4.90 Å². The molecule has 5 rings (SSSR count). The zero-order chi connectivity index (χ0) is 21.6. The van der Waals surface area contributed by atoms with Gasteiger partial charge in [0.25, 0.3) is 0 Å². The predicted octanol–water partition coefficient (Wildman–Crippen LogP) is 3.81. The zero-order valence-electron chi connectivity index (χ0n) is 18.6. The van der Waals surface area contributed by atoms with Gasteiger partial charge in [-0.2, -0.15) is 4.31 Å². The van der Waals surface area contributed by atoms with E-state index in [-0.39, 0.29) is 0 Å². The molecule has 0 N–H and O–H groups in total. The second-order valence-electron chi connectivity index (χ2n) is 9.47. The Kier molecular flexibility index (Phi) is 5.57. The molecule has 166 valence electrons. The van der Waals surface area contributed by atoms with Gasteiger partial charge < -0.3 is 4.90 Å². The minimum atomic E-state index is -3.45. The van der Waals surface area contributed by atoms with Gasteiger partial charge in [-0.3, -0.25) is 4.90 Å². The number of nitrogens with zero attached hydrogens (tertiary/aromatic N) is 3. The van der Waals surface area contributed by atoms with Gasteiger partial charge in [0.1, 0.15) is 0 Å². The van der Waals surface area contributed by atoms with Crippen molar-refractivity contribution in [2.45, 2.75) is 63.1 Å². The van der Waals surface area contributed by atoms with Crippen LogP contribution in [0.1, 0.15) is 42.9 Å². The van der Waals surface area contributed by atoms with Gasteiger partial charge in [-0.15, -0.1) is 0 Å². The maximum absolute atomic E-state index is 13.1. The Morgan fingerprint density at radius 1 is 0.935 bits per heavy atom. The molecule has 3 aliphatic heterocycles. The molecule has 2 fully saturated rings. The summed E-state index contributed by atoms with van der Waals surface area (Å²) in [6, 6.07) is 15.2. The highest BCUT2D eigenvalue weighted by Crippen LogP contribution is 2.32. The highest BCUT2D eigenvalue weighted by atomic mass is 32.2. The summed E-state index contributed by atoms with van der Waals surface area (Å²) in [5, 5.41) is 0. The van der Waals surface area contributed by atoms with Crippen molar-refractivity contribution in [3.63, 3.8) is 0 Å². The molecule has 0 aromatic heterocycles. The van der Waals surface area contributed by atoms with Gasteiger partial charge in [0.15, 0.2) is 0 Å². The van der Waals surface area contributed by atoms with Crippen LogP contribution in [0.3, 0.4) is 0 Å². The molecule has 0 radical (unpaired) electrons. The fraction of sp³-hybridized carbons (Fsp3) is 0.520. The third-order valence-electron chi connectivity index (χ3n) is 7.43. The Bertz CT molecular complexity index is 1050. The van der Waals surface area contributed by atoms with Crippen LogP contribution in [-0.4, -0.2) is 55.9 Å². The molecule has 31 heavy (non-hydrogen) atoms. The molecule has 0 bridgehead atoms. The molecule has 0 spiro atoms. The monoisotopic (exact) mass is 439 g/mol. The number of fused-ring (bicyclic) bond motifs is 1.